The number of nitrogens with zero attached hydrogens (tertiary/aromatic N) is 3. The molecular formula is C19H18N4O6. The van der Waals surface area contributed by atoms with Gasteiger partial charge in [-0.2, -0.15) is 0 Å². The molecule has 0 aliphatic rings. The molecule has 1 aromatic carbocycles. The van der Waals surface area contributed by atoms with Gasteiger partial charge < -0.3 is 19.3 Å². The Hall–Kier alpha value is -3.95. The number of hydrogen-bond acceptors (Lipinski definition) is 8. The number of carbonyl (C=O) groups is 1. The first-order valence-electron chi connectivity index (χ1n) is 8.58. The molecule has 0 spiro atoms. The fourth-order valence-corrected chi connectivity index (χ4v) is 2.71. The van der Waals surface area contributed by atoms with Gasteiger partial charge in [0.25, 0.3) is 11.6 Å². The average molecular weight is 398 g/mol. The Labute approximate surface area is 165 Å². The quantitative estimate of drug-likeness (QED) is 0.453. The zero-order chi connectivity index (χ0) is 20.8. The van der Waals surface area contributed by atoms with Crippen molar-refractivity contribution in [3.63, 3.8) is 0 Å². The van der Waals surface area contributed by atoms with Gasteiger partial charge in [-0.05, 0) is 24.6 Å². The molecule has 0 atom stereocenters. The van der Waals surface area contributed by atoms with Gasteiger partial charge in [-0.1, -0.05) is 5.16 Å². The average Bonchev–Trinajstić information content (AvgIpc) is 3.24. The summed E-state index contributed by atoms with van der Waals surface area (Å²) >= 11 is 0. The van der Waals surface area contributed by atoms with E-state index in [0.29, 0.717) is 22.6 Å². The first-order chi connectivity index (χ1) is 14.0. The molecule has 0 fully saturated rings. The van der Waals surface area contributed by atoms with Crippen LogP contribution in [0.3, 0.4) is 0 Å². The van der Waals surface area contributed by atoms with Gasteiger partial charge in [0.05, 0.1) is 25.2 Å². The van der Waals surface area contributed by atoms with E-state index in [4.69, 9.17) is 14.0 Å². The number of ether oxygens (including phenoxy) is 2. The number of carbonyl (C=O) groups excluding carboxylic acids is 1. The Morgan fingerprint density at radius 3 is 2.66 bits per heavy atom. The van der Waals surface area contributed by atoms with Crippen LogP contribution in [-0.4, -0.2) is 41.7 Å². The third-order valence-corrected chi connectivity index (χ3v) is 4.15. The van der Waals surface area contributed by atoms with E-state index in [2.05, 4.69) is 15.5 Å². The minimum absolute atomic E-state index is 0.102. The molecule has 2 aromatic heterocycles. The Bertz CT molecular complexity index is 1020. The van der Waals surface area contributed by atoms with Crippen LogP contribution in [0, 0.1) is 10.1 Å². The van der Waals surface area contributed by atoms with Gasteiger partial charge in [-0.15, -0.1) is 0 Å². The second-order valence-electron chi connectivity index (χ2n) is 5.92. The lowest BCUT2D eigenvalue weighted by atomic mass is 10.1. The normalized spacial score (nSPS) is 10.4. The summed E-state index contributed by atoms with van der Waals surface area (Å²) in [5, 5.41) is 17.8. The topological polar surface area (TPSA) is 130 Å². The van der Waals surface area contributed by atoms with Crippen molar-refractivity contribution in [2.45, 2.75) is 6.42 Å². The third kappa shape index (κ3) is 4.49. The fraction of sp³-hybridized carbons (Fsp3) is 0.211. The first kappa shape index (κ1) is 19.8. The van der Waals surface area contributed by atoms with E-state index in [-0.39, 0.29) is 30.1 Å². The summed E-state index contributed by atoms with van der Waals surface area (Å²) in [6.45, 7) is 0.157. The van der Waals surface area contributed by atoms with Crippen LogP contribution in [0.5, 0.6) is 11.5 Å². The SMILES string of the molecule is COc1cc(CCNC(=O)c2cc(-c3cccnc3)on2)c([N+](=O)[O-])cc1OC. The maximum Gasteiger partial charge on any atom is 0.276 e. The smallest absolute Gasteiger partial charge is 0.276 e. The minimum atomic E-state index is -0.503. The second kappa shape index (κ2) is 8.83. The summed E-state index contributed by atoms with van der Waals surface area (Å²) in [5.74, 6) is 0.598. The zero-order valence-electron chi connectivity index (χ0n) is 15.7. The molecule has 0 bridgehead atoms. The molecule has 0 unspecified atom stereocenters. The van der Waals surface area contributed by atoms with Crippen LogP contribution in [0.15, 0.2) is 47.2 Å². The van der Waals surface area contributed by atoms with E-state index in [9.17, 15) is 14.9 Å². The first-order valence-corrected chi connectivity index (χ1v) is 8.58. The van der Waals surface area contributed by atoms with Gasteiger partial charge in [-0.3, -0.25) is 19.9 Å². The molecule has 3 aromatic rings. The van der Waals surface area contributed by atoms with Crippen molar-refractivity contribution >= 4 is 11.6 Å². The van der Waals surface area contributed by atoms with Gasteiger partial charge in [-0.25, -0.2) is 0 Å². The summed E-state index contributed by atoms with van der Waals surface area (Å²) in [6.07, 6.45) is 3.44. The molecule has 0 saturated carbocycles. The molecule has 0 aliphatic carbocycles. The summed E-state index contributed by atoms with van der Waals surface area (Å²) < 4.78 is 15.5. The molecule has 0 saturated heterocycles. The van der Waals surface area contributed by atoms with Gasteiger partial charge in [0.2, 0.25) is 0 Å². The number of amides is 1. The highest BCUT2D eigenvalue weighted by Crippen LogP contribution is 2.34. The lowest BCUT2D eigenvalue weighted by molar-refractivity contribution is -0.385. The molecular weight excluding hydrogens is 380 g/mol. The van der Waals surface area contributed by atoms with Crippen LogP contribution in [0.25, 0.3) is 11.3 Å². The predicted molar refractivity (Wildman–Crippen MR) is 102 cm³/mol. The summed E-state index contributed by atoms with van der Waals surface area (Å²) in [4.78, 5) is 27.1. The standard InChI is InChI=1S/C19H18N4O6/c1-27-17-8-12(15(23(25)26)10-18(17)28-2)5-7-21-19(24)14-9-16(29-22-14)13-4-3-6-20-11-13/h3-4,6,8-11H,5,7H2,1-2H3,(H,21,24). The van der Waals surface area contributed by atoms with E-state index < -0.39 is 10.8 Å². The molecule has 0 radical (unpaired) electrons. The highest BCUT2D eigenvalue weighted by atomic mass is 16.6. The predicted octanol–water partition coefficient (Wildman–Crippen LogP) is 2.63. The van der Waals surface area contributed by atoms with Crippen LogP contribution in [-0.2, 0) is 6.42 Å². The summed E-state index contributed by atoms with van der Waals surface area (Å²) in [6, 6.07) is 7.86. The van der Waals surface area contributed by atoms with Gasteiger partial charge in [0.15, 0.2) is 23.0 Å². The van der Waals surface area contributed by atoms with E-state index in [1.54, 1.807) is 24.5 Å². The molecule has 10 nitrogen and oxygen atoms in total. The largest absolute Gasteiger partial charge is 0.493 e. The number of nitro benzene ring substituents is 1. The maximum absolute atomic E-state index is 12.3. The van der Waals surface area contributed by atoms with Gasteiger partial charge in [0, 0.05) is 36.1 Å². The van der Waals surface area contributed by atoms with E-state index >= 15 is 0 Å². The summed E-state index contributed by atoms with van der Waals surface area (Å²) in [7, 11) is 2.85. The maximum atomic E-state index is 12.3. The van der Waals surface area contributed by atoms with E-state index in [0.717, 1.165) is 0 Å². The van der Waals surface area contributed by atoms with Crippen LogP contribution >= 0.6 is 0 Å². The number of nitro groups is 1. The molecule has 2 heterocycles. The van der Waals surface area contributed by atoms with Crippen LogP contribution in [0.1, 0.15) is 16.1 Å². The second-order valence-corrected chi connectivity index (χ2v) is 5.92. The minimum Gasteiger partial charge on any atom is -0.493 e. The number of hydrogen-bond donors (Lipinski definition) is 1. The molecule has 10 heteroatoms. The van der Waals surface area contributed by atoms with Crippen molar-refractivity contribution in [1.82, 2.24) is 15.5 Å². The van der Waals surface area contributed by atoms with Crippen molar-refractivity contribution in [3.05, 3.63) is 64.1 Å². The van der Waals surface area contributed by atoms with Crippen molar-refractivity contribution in [3.8, 4) is 22.8 Å². The molecule has 29 heavy (non-hydrogen) atoms. The number of nitrogens with one attached hydrogen (secondary N) is 1. The summed E-state index contributed by atoms with van der Waals surface area (Å²) in [5.41, 5.74) is 1.09. The van der Waals surface area contributed by atoms with Crippen molar-refractivity contribution in [2.24, 2.45) is 0 Å². The van der Waals surface area contributed by atoms with Gasteiger partial charge in [0.1, 0.15) is 0 Å². The number of aromatic nitrogens is 2. The van der Waals surface area contributed by atoms with Crippen LogP contribution < -0.4 is 14.8 Å². The Balaban J connectivity index is 1.67. The van der Waals surface area contributed by atoms with Crippen molar-refractivity contribution in [1.29, 1.82) is 0 Å². The number of pyridine rings is 1. The molecule has 3 rings (SSSR count). The Morgan fingerprint density at radius 2 is 2.00 bits per heavy atom. The zero-order valence-corrected chi connectivity index (χ0v) is 15.7. The highest BCUT2D eigenvalue weighted by Gasteiger charge is 2.20. The number of methoxy groups -OCH3 is 2. The molecule has 1 N–H and O–H groups in total. The van der Waals surface area contributed by atoms with Crippen LogP contribution in [0.2, 0.25) is 0 Å². The highest BCUT2D eigenvalue weighted by molar-refractivity contribution is 5.93. The van der Waals surface area contributed by atoms with Crippen LogP contribution in [0.4, 0.5) is 5.69 Å². The lowest BCUT2D eigenvalue weighted by Crippen LogP contribution is -2.26. The lowest BCUT2D eigenvalue weighted by Gasteiger charge is -2.10. The van der Waals surface area contributed by atoms with Gasteiger partial charge >= 0.3 is 0 Å². The monoisotopic (exact) mass is 398 g/mol. The van der Waals surface area contributed by atoms with Crippen molar-refractivity contribution < 1.29 is 23.7 Å². The Kier molecular flexibility index (Phi) is 6.03. The molecule has 1 amide bonds. The van der Waals surface area contributed by atoms with E-state index in [1.807, 2.05) is 0 Å². The van der Waals surface area contributed by atoms with Crippen molar-refractivity contribution in [2.75, 3.05) is 20.8 Å². The molecule has 0 aliphatic heterocycles. The van der Waals surface area contributed by atoms with E-state index in [1.165, 1.54) is 32.4 Å². The number of rotatable bonds is 8. The molecule has 150 valence electrons. The number of benzene rings is 1. The Morgan fingerprint density at radius 1 is 1.24 bits per heavy atom. The fourth-order valence-electron chi connectivity index (χ4n) is 2.71. The third-order valence-electron chi connectivity index (χ3n) is 4.15.